The van der Waals surface area contributed by atoms with Crippen molar-refractivity contribution in [2.45, 2.75) is 19.5 Å². The van der Waals surface area contributed by atoms with Gasteiger partial charge in [-0.3, -0.25) is 4.79 Å². The second-order valence-corrected chi connectivity index (χ2v) is 3.65. The summed E-state index contributed by atoms with van der Waals surface area (Å²) in [5.74, 6) is -0.820. The molecule has 0 fully saturated rings. The second-order valence-electron chi connectivity index (χ2n) is 3.24. The Morgan fingerprint density at radius 3 is 2.87 bits per heavy atom. The summed E-state index contributed by atoms with van der Waals surface area (Å²) in [5, 5.41) is 3.21. The van der Waals surface area contributed by atoms with Crippen molar-refractivity contribution >= 4 is 17.5 Å². The van der Waals surface area contributed by atoms with Crippen molar-refractivity contribution in [2.75, 3.05) is 0 Å². The third-order valence-electron chi connectivity index (χ3n) is 2.04. The van der Waals surface area contributed by atoms with E-state index in [4.69, 9.17) is 17.3 Å². The first kappa shape index (κ1) is 11.9. The fourth-order valence-electron chi connectivity index (χ4n) is 1.03. The van der Waals surface area contributed by atoms with Crippen LogP contribution in [0.5, 0.6) is 0 Å². The molecule has 5 heteroatoms. The number of nitrogens with two attached hydrogens (primary N) is 1. The van der Waals surface area contributed by atoms with E-state index in [2.05, 4.69) is 5.32 Å². The Morgan fingerprint density at radius 1 is 1.67 bits per heavy atom. The predicted octanol–water partition coefficient (Wildman–Crippen LogP) is 1.44. The van der Waals surface area contributed by atoms with Crippen LogP contribution in [0, 0.1) is 5.82 Å². The van der Waals surface area contributed by atoms with E-state index in [-0.39, 0.29) is 5.82 Å². The minimum Gasteiger partial charge on any atom is -0.368 e. The van der Waals surface area contributed by atoms with Crippen LogP contribution >= 0.6 is 11.6 Å². The van der Waals surface area contributed by atoms with E-state index in [1.165, 1.54) is 12.1 Å². The zero-order chi connectivity index (χ0) is 11.4. The molecule has 0 saturated heterocycles. The molecule has 1 aromatic rings. The van der Waals surface area contributed by atoms with Gasteiger partial charge in [-0.1, -0.05) is 17.7 Å². The number of rotatable bonds is 4. The van der Waals surface area contributed by atoms with Gasteiger partial charge < -0.3 is 11.1 Å². The van der Waals surface area contributed by atoms with Crippen LogP contribution in [0.2, 0.25) is 5.02 Å². The van der Waals surface area contributed by atoms with Gasteiger partial charge >= 0.3 is 0 Å². The zero-order valence-corrected chi connectivity index (χ0v) is 9.01. The SMILES string of the molecule is C[C@H](NCc1ccc(F)cc1Cl)C(N)=O. The van der Waals surface area contributed by atoms with Crippen LogP contribution in [-0.4, -0.2) is 11.9 Å². The molecule has 1 atom stereocenters. The third kappa shape index (κ3) is 3.49. The van der Waals surface area contributed by atoms with Gasteiger partial charge in [0.25, 0.3) is 0 Å². The molecule has 0 unspecified atom stereocenters. The Bertz CT molecular complexity index is 370. The molecule has 3 N–H and O–H groups in total. The van der Waals surface area contributed by atoms with Crippen molar-refractivity contribution in [3.8, 4) is 0 Å². The van der Waals surface area contributed by atoms with Crippen LogP contribution in [0.1, 0.15) is 12.5 Å². The summed E-state index contributed by atoms with van der Waals surface area (Å²) in [6.07, 6.45) is 0. The smallest absolute Gasteiger partial charge is 0.234 e. The average Bonchev–Trinajstić information content (AvgIpc) is 2.15. The van der Waals surface area contributed by atoms with Gasteiger partial charge in [0.2, 0.25) is 5.91 Å². The molecule has 1 rings (SSSR count). The lowest BCUT2D eigenvalue weighted by atomic mass is 10.2. The molecule has 1 amide bonds. The van der Waals surface area contributed by atoms with Gasteiger partial charge in [-0.05, 0) is 24.6 Å². The Balaban J connectivity index is 2.62. The molecule has 0 spiro atoms. The van der Waals surface area contributed by atoms with E-state index in [9.17, 15) is 9.18 Å². The molecule has 82 valence electrons. The number of benzene rings is 1. The number of hydrogen-bond donors (Lipinski definition) is 2. The first-order valence-corrected chi connectivity index (χ1v) is 4.85. The molecule has 1 aromatic carbocycles. The summed E-state index contributed by atoms with van der Waals surface area (Å²) in [6.45, 7) is 2.03. The standard InChI is InChI=1S/C10H12ClFN2O/c1-6(10(13)15)14-5-7-2-3-8(12)4-9(7)11/h2-4,6,14H,5H2,1H3,(H2,13,15)/t6-/m0/s1. The maximum Gasteiger partial charge on any atom is 0.234 e. The second kappa shape index (κ2) is 5.09. The lowest BCUT2D eigenvalue weighted by Crippen LogP contribution is -2.38. The van der Waals surface area contributed by atoms with Gasteiger partial charge in [0, 0.05) is 11.6 Å². The Labute approximate surface area is 92.4 Å². The van der Waals surface area contributed by atoms with Crippen molar-refractivity contribution < 1.29 is 9.18 Å². The van der Waals surface area contributed by atoms with Crippen LogP contribution in [0.25, 0.3) is 0 Å². The minimum absolute atomic E-state index is 0.333. The topological polar surface area (TPSA) is 55.1 Å². The van der Waals surface area contributed by atoms with Crippen molar-refractivity contribution in [1.29, 1.82) is 0 Å². The van der Waals surface area contributed by atoms with Crippen LogP contribution in [0.3, 0.4) is 0 Å². The quantitative estimate of drug-likeness (QED) is 0.823. The predicted molar refractivity (Wildman–Crippen MR) is 56.9 cm³/mol. The molecule has 0 aromatic heterocycles. The highest BCUT2D eigenvalue weighted by molar-refractivity contribution is 6.31. The van der Waals surface area contributed by atoms with Crippen molar-refractivity contribution in [3.05, 3.63) is 34.6 Å². The van der Waals surface area contributed by atoms with Crippen LogP contribution in [-0.2, 0) is 11.3 Å². The van der Waals surface area contributed by atoms with Crippen LogP contribution in [0.4, 0.5) is 4.39 Å². The fraction of sp³-hybridized carbons (Fsp3) is 0.300. The summed E-state index contributed by atoms with van der Waals surface area (Å²) in [7, 11) is 0. The molecular weight excluding hydrogens is 219 g/mol. The van der Waals surface area contributed by atoms with Crippen molar-refractivity contribution in [2.24, 2.45) is 5.73 Å². The zero-order valence-electron chi connectivity index (χ0n) is 8.26. The first-order valence-electron chi connectivity index (χ1n) is 4.47. The minimum atomic E-state index is -0.439. The van der Waals surface area contributed by atoms with Gasteiger partial charge in [-0.25, -0.2) is 4.39 Å². The highest BCUT2D eigenvalue weighted by Crippen LogP contribution is 2.16. The largest absolute Gasteiger partial charge is 0.368 e. The van der Waals surface area contributed by atoms with E-state index >= 15 is 0 Å². The number of hydrogen-bond acceptors (Lipinski definition) is 2. The van der Waals surface area contributed by atoms with E-state index < -0.39 is 11.9 Å². The number of amides is 1. The molecule has 0 saturated carbocycles. The van der Waals surface area contributed by atoms with E-state index in [1.54, 1.807) is 13.0 Å². The van der Waals surface area contributed by atoms with Gasteiger partial charge in [0.1, 0.15) is 5.82 Å². The monoisotopic (exact) mass is 230 g/mol. The molecular formula is C10H12ClFN2O. The first-order chi connectivity index (χ1) is 7.00. The highest BCUT2D eigenvalue weighted by atomic mass is 35.5. The Kier molecular flexibility index (Phi) is 4.05. The van der Waals surface area contributed by atoms with Crippen LogP contribution in [0.15, 0.2) is 18.2 Å². The maximum absolute atomic E-state index is 12.7. The summed E-state index contributed by atoms with van der Waals surface area (Å²) in [4.78, 5) is 10.7. The van der Waals surface area contributed by atoms with E-state index in [1.807, 2.05) is 0 Å². The molecule has 0 radical (unpaired) electrons. The van der Waals surface area contributed by atoms with Gasteiger partial charge in [-0.15, -0.1) is 0 Å². The highest BCUT2D eigenvalue weighted by Gasteiger charge is 2.08. The lowest BCUT2D eigenvalue weighted by molar-refractivity contribution is -0.119. The molecule has 3 nitrogen and oxygen atoms in total. The number of carbonyl (C=O) groups is 1. The molecule has 0 aliphatic carbocycles. The molecule has 0 heterocycles. The Morgan fingerprint density at radius 2 is 2.33 bits per heavy atom. The maximum atomic E-state index is 12.7. The van der Waals surface area contributed by atoms with E-state index in [0.717, 1.165) is 5.56 Å². The van der Waals surface area contributed by atoms with Gasteiger partial charge in [0.15, 0.2) is 0 Å². The number of halogens is 2. The number of carbonyl (C=O) groups excluding carboxylic acids is 1. The van der Waals surface area contributed by atoms with Gasteiger partial charge in [-0.2, -0.15) is 0 Å². The number of nitrogens with one attached hydrogen (secondary N) is 1. The normalized spacial score (nSPS) is 12.5. The van der Waals surface area contributed by atoms with Gasteiger partial charge in [0.05, 0.1) is 6.04 Å². The summed E-state index contributed by atoms with van der Waals surface area (Å²) in [6, 6.07) is 3.68. The molecule has 0 aliphatic heterocycles. The molecule has 15 heavy (non-hydrogen) atoms. The lowest BCUT2D eigenvalue weighted by Gasteiger charge is -2.10. The van der Waals surface area contributed by atoms with Crippen molar-refractivity contribution in [1.82, 2.24) is 5.32 Å². The summed E-state index contributed by atoms with van der Waals surface area (Å²) < 4.78 is 12.7. The van der Waals surface area contributed by atoms with Crippen LogP contribution < -0.4 is 11.1 Å². The molecule has 0 bridgehead atoms. The Hall–Kier alpha value is -1.13. The third-order valence-corrected chi connectivity index (χ3v) is 2.39. The fourth-order valence-corrected chi connectivity index (χ4v) is 1.26. The average molecular weight is 231 g/mol. The molecule has 0 aliphatic rings. The summed E-state index contributed by atoms with van der Waals surface area (Å²) >= 11 is 5.80. The van der Waals surface area contributed by atoms with Crippen molar-refractivity contribution in [3.63, 3.8) is 0 Å². The number of primary amides is 1. The van der Waals surface area contributed by atoms with E-state index in [0.29, 0.717) is 11.6 Å². The summed E-state index contributed by atoms with van der Waals surface area (Å²) in [5.41, 5.74) is 5.80.